The van der Waals surface area contributed by atoms with E-state index in [-0.39, 0.29) is 37.1 Å². The first kappa shape index (κ1) is 43.0. The third-order valence-corrected chi connectivity index (χ3v) is 5.09. The van der Waals surface area contributed by atoms with Crippen molar-refractivity contribution in [3.63, 3.8) is 0 Å². The molecule has 0 heteroatoms. The molecule has 0 aromatic heterocycles. The van der Waals surface area contributed by atoms with Crippen LogP contribution in [0.1, 0.15) is 127 Å². The summed E-state index contributed by atoms with van der Waals surface area (Å²) in [7, 11) is 0. The van der Waals surface area contributed by atoms with Crippen molar-refractivity contribution in [3.05, 3.63) is 97.2 Å². The van der Waals surface area contributed by atoms with E-state index in [0.29, 0.717) is 0 Å². The van der Waals surface area contributed by atoms with Gasteiger partial charge < -0.3 is 0 Å². The lowest BCUT2D eigenvalue weighted by molar-refractivity contribution is 0.504. The number of hydrogen-bond acceptors (Lipinski definition) is 0. The Morgan fingerprint density at radius 1 is 0.257 bits per heavy atom. The van der Waals surface area contributed by atoms with Gasteiger partial charge in [-0.05, 0) is 51.4 Å². The second-order valence-electron chi connectivity index (χ2n) is 7.88. The highest BCUT2D eigenvalue weighted by Gasteiger charge is 1.95. The van der Waals surface area contributed by atoms with E-state index >= 15 is 0 Å². The summed E-state index contributed by atoms with van der Waals surface area (Å²) in [4.78, 5) is 0. The first-order chi connectivity index (χ1) is 15.0. The molecule has 0 nitrogen and oxygen atoms in total. The molecule has 0 atom stereocenters. The summed E-state index contributed by atoms with van der Waals surface area (Å²) in [6.07, 6.45) is 41.0. The topological polar surface area (TPSA) is 0 Å². The average Bonchev–Trinajstić information content (AvgIpc) is 2.91. The lowest BCUT2D eigenvalue weighted by atomic mass is 10.0. The summed E-state index contributed by atoms with van der Waals surface area (Å²) >= 11 is 0. The minimum absolute atomic E-state index is 0. The number of hydrogen-bond donors (Lipinski definition) is 0. The van der Waals surface area contributed by atoms with Gasteiger partial charge in [0, 0.05) is 0 Å². The van der Waals surface area contributed by atoms with Crippen molar-refractivity contribution >= 4 is 0 Å². The molecule has 0 heterocycles. The molecule has 1 saturated carbocycles. The first-order valence-electron chi connectivity index (χ1n) is 12.3. The van der Waals surface area contributed by atoms with Gasteiger partial charge >= 0.3 is 0 Å². The molecule has 204 valence electrons. The van der Waals surface area contributed by atoms with Gasteiger partial charge in [-0.25, -0.2) is 0 Å². The standard InChI is InChI=1S/C6H12.C6H10.2C6H8.C6H6.5CH4/c5*1-2-4-6-5-3-1;;;;;/h1-6H2;1-2H,3-6H2;1-2,5-6H,3-4H2;1-4H,5-6H2;1-6H;5*1H4. The smallest absolute Gasteiger partial charge is 0.0169 e. The van der Waals surface area contributed by atoms with Crippen LogP contribution in [0.4, 0.5) is 0 Å². The van der Waals surface area contributed by atoms with Gasteiger partial charge in [0.25, 0.3) is 0 Å². The largest absolute Gasteiger partial charge is 0.0885 e. The molecular weight excluding hydrogens is 420 g/mol. The lowest BCUT2D eigenvalue weighted by Gasteiger charge is -2.05. The summed E-state index contributed by atoms with van der Waals surface area (Å²) in [5.41, 5.74) is 0. The van der Waals surface area contributed by atoms with Crippen molar-refractivity contribution < 1.29 is 0 Å². The van der Waals surface area contributed by atoms with Crippen molar-refractivity contribution in [1.82, 2.24) is 0 Å². The minimum Gasteiger partial charge on any atom is -0.0885 e. The van der Waals surface area contributed by atoms with Gasteiger partial charge in [-0.2, -0.15) is 0 Å². The molecule has 35 heavy (non-hydrogen) atoms. The molecule has 1 aromatic rings. The quantitative estimate of drug-likeness (QED) is 0.321. The maximum Gasteiger partial charge on any atom is -0.0169 e. The Hall–Kier alpha value is -2.08. The minimum atomic E-state index is 0. The molecule has 0 spiro atoms. The van der Waals surface area contributed by atoms with E-state index in [2.05, 4.69) is 60.8 Å². The monoisotopic (exact) mass is 485 g/mol. The van der Waals surface area contributed by atoms with Crippen LogP contribution >= 0.6 is 0 Å². The van der Waals surface area contributed by atoms with Crippen LogP contribution < -0.4 is 0 Å². The van der Waals surface area contributed by atoms with E-state index in [9.17, 15) is 0 Å². The van der Waals surface area contributed by atoms with Crippen molar-refractivity contribution in [3.8, 4) is 0 Å². The summed E-state index contributed by atoms with van der Waals surface area (Å²) in [5.74, 6) is 0. The van der Waals surface area contributed by atoms with E-state index < -0.39 is 0 Å². The number of allylic oxidation sites excluding steroid dienone is 10. The second kappa shape index (κ2) is 39.1. The fourth-order valence-electron chi connectivity index (χ4n) is 3.29. The first-order valence-corrected chi connectivity index (χ1v) is 12.3. The van der Waals surface area contributed by atoms with Crippen LogP contribution in [0, 0.1) is 0 Å². The van der Waals surface area contributed by atoms with Crippen LogP contribution in [0.15, 0.2) is 97.2 Å². The molecule has 1 aromatic carbocycles. The molecule has 0 aliphatic heterocycles. The van der Waals surface area contributed by atoms with Gasteiger partial charge in [0.2, 0.25) is 0 Å². The average molecular weight is 485 g/mol. The molecule has 0 N–H and O–H groups in total. The van der Waals surface area contributed by atoms with Gasteiger partial charge in [0.05, 0.1) is 0 Å². The Morgan fingerprint density at radius 2 is 0.543 bits per heavy atom. The number of rotatable bonds is 0. The van der Waals surface area contributed by atoms with Crippen molar-refractivity contribution in [1.29, 1.82) is 0 Å². The number of benzene rings is 1. The third kappa shape index (κ3) is 36.7. The highest BCUT2D eigenvalue weighted by molar-refractivity contribution is 5.07. The molecule has 0 saturated heterocycles. The molecule has 4 aliphatic rings. The Bertz CT molecular complexity index is 501. The van der Waals surface area contributed by atoms with Crippen molar-refractivity contribution in [2.45, 2.75) is 127 Å². The SMILES string of the molecule is C.C.C.C.C.C1=CCC=CC1.C1=CCCC=C1.C1=CCCCC1.C1CCCCC1.c1ccccc1. The normalized spacial score (nSPS) is 15.5. The molecular formula is C35H64. The zero-order chi connectivity index (χ0) is 21.2. The Balaban J connectivity index is -0.000000103. The molecule has 0 radical (unpaired) electrons. The van der Waals surface area contributed by atoms with Gasteiger partial charge in [-0.1, -0.05) is 173 Å². The van der Waals surface area contributed by atoms with Crippen LogP contribution in [-0.4, -0.2) is 0 Å². The van der Waals surface area contributed by atoms with Gasteiger partial charge in [0.1, 0.15) is 0 Å². The third-order valence-electron chi connectivity index (χ3n) is 5.09. The molecule has 5 rings (SSSR count). The van der Waals surface area contributed by atoms with E-state index in [0.717, 1.165) is 12.8 Å². The lowest BCUT2D eigenvalue weighted by Crippen LogP contribution is -1.85. The van der Waals surface area contributed by atoms with Crippen molar-refractivity contribution in [2.75, 3.05) is 0 Å². The van der Waals surface area contributed by atoms with Crippen LogP contribution in [-0.2, 0) is 0 Å². The second-order valence-corrected chi connectivity index (χ2v) is 7.88. The van der Waals surface area contributed by atoms with E-state index in [1.807, 2.05) is 36.4 Å². The maximum absolute atomic E-state index is 2.27. The maximum atomic E-state index is 2.27. The molecule has 1 fully saturated rings. The summed E-state index contributed by atoms with van der Waals surface area (Å²) in [6.45, 7) is 0. The summed E-state index contributed by atoms with van der Waals surface area (Å²) in [6, 6.07) is 12.0. The molecule has 0 amide bonds. The fraction of sp³-hybridized carbons (Fsp3) is 0.543. The molecule has 0 bridgehead atoms. The van der Waals surface area contributed by atoms with E-state index in [1.54, 1.807) is 0 Å². The fourth-order valence-corrected chi connectivity index (χ4v) is 3.29. The zero-order valence-corrected chi connectivity index (χ0v) is 19.1. The van der Waals surface area contributed by atoms with E-state index in [1.165, 1.54) is 77.0 Å². The van der Waals surface area contributed by atoms with Crippen LogP contribution in [0.2, 0.25) is 0 Å². The Morgan fingerprint density at radius 3 is 0.686 bits per heavy atom. The van der Waals surface area contributed by atoms with Gasteiger partial charge in [-0.3, -0.25) is 0 Å². The summed E-state index contributed by atoms with van der Waals surface area (Å²) in [5, 5.41) is 0. The van der Waals surface area contributed by atoms with Gasteiger partial charge in [-0.15, -0.1) is 0 Å². The highest BCUT2D eigenvalue weighted by atomic mass is 14.0. The van der Waals surface area contributed by atoms with Crippen LogP contribution in [0.5, 0.6) is 0 Å². The molecule has 0 unspecified atom stereocenters. The zero-order valence-electron chi connectivity index (χ0n) is 19.1. The predicted octanol–water partition coefficient (Wildman–Crippen LogP) is 13.1. The van der Waals surface area contributed by atoms with Crippen LogP contribution in [0.3, 0.4) is 0 Å². The van der Waals surface area contributed by atoms with E-state index in [4.69, 9.17) is 0 Å². The van der Waals surface area contributed by atoms with Crippen molar-refractivity contribution in [2.24, 2.45) is 0 Å². The predicted molar refractivity (Wildman–Crippen MR) is 170 cm³/mol. The summed E-state index contributed by atoms with van der Waals surface area (Å²) < 4.78 is 0. The highest BCUT2D eigenvalue weighted by Crippen LogP contribution is 2.15. The van der Waals surface area contributed by atoms with Crippen LogP contribution in [0.25, 0.3) is 0 Å². The molecule has 4 aliphatic carbocycles. The Kier molecular flexibility index (Phi) is 48.1. The Labute approximate surface area is 224 Å². The van der Waals surface area contributed by atoms with Gasteiger partial charge in [0.15, 0.2) is 0 Å².